The molecule has 0 fully saturated rings. The van der Waals surface area contributed by atoms with Crippen LogP contribution in [0.25, 0.3) is 0 Å². The van der Waals surface area contributed by atoms with Crippen LogP contribution >= 0.6 is 35.7 Å². The van der Waals surface area contributed by atoms with Crippen LogP contribution in [0.2, 0.25) is 0 Å². The summed E-state index contributed by atoms with van der Waals surface area (Å²) in [7, 11) is 1.70. The van der Waals surface area contributed by atoms with E-state index in [9.17, 15) is 14.0 Å². The third-order valence-electron chi connectivity index (χ3n) is 4.02. The summed E-state index contributed by atoms with van der Waals surface area (Å²) in [6.45, 7) is 1.12. The lowest BCUT2D eigenvalue weighted by atomic mass is 10.1. The zero-order valence-corrected chi connectivity index (χ0v) is 20.3. The van der Waals surface area contributed by atoms with E-state index in [0.29, 0.717) is 18.1 Å². The number of amides is 2. The van der Waals surface area contributed by atoms with Crippen molar-refractivity contribution in [1.29, 1.82) is 0 Å². The maximum atomic E-state index is 12.9. The molecule has 0 saturated carbocycles. The Bertz CT molecular complexity index is 863. The van der Waals surface area contributed by atoms with Gasteiger partial charge < -0.3 is 21.7 Å². The van der Waals surface area contributed by atoms with E-state index in [1.165, 1.54) is 12.1 Å². The minimum atomic E-state index is -0.586. The Kier molecular flexibility index (Phi) is 12.6. The minimum absolute atomic E-state index is 0. The summed E-state index contributed by atoms with van der Waals surface area (Å²) in [6, 6.07) is 13.5. The van der Waals surface area contributed by atoms with Gasteiger partial charge in [0.25, 0.3) is 5.91 Å². The summed E-state index contributed by atoms with van der Waals surface area (Å²) < 4.78 is 12.9. The van der Waals surface area contributed by atoms with Crippen molar-refractivity contribution in [2.75, 3.05) is 25.9 Å². The number of halogens is 2. The lowest BCUT2D eigenvalue weighted by molar-refractivity contribution is -0.117. The molecule has 31 heavy (non-hydrogen) atoms. The standard InChI is InChI=1S/C21H26FN5O2S.HI/c1-24-21(25-11-2-12-30-18-9-7-17(22)8-10-18)27-13-15-3-5-16(6-4-15)20(29)26-14-19(23)28;/h3-10H,2,11-14H2,1H3,(H2,23,28)(H,26,29)(H2,24,25,27);1H. The number of guanidine groups is 1. The van der Waals surface area contributed by atoms with Crippen LogP contribution in [0.4, 0.5) is 4.39 Å². The predicted molar refractivity (Wildman–Crippen MR) is 133 cm³/mol. The number of hydrogen-bond acceptors (Lipinski definition) is 4. The molecule has 0 radical (unpaired) electrons. The van der Waals surface area contributed by atoms with Crippen molar-refractivity contribution in [2.45, 2.75) is 17.9 Å². The molecule has 0 atom stereocenters. The highest BCUT2D eigenvalue weighted by molar-refractivity contribution is 14.0. The van der Waals surface area contributed by atoms with Gasteiger partial charge in [0.05, 0.1) is 6.54 Å². The quantitative estimate of drug-likeness (QED) is 0.118. The van der Waals surface area contributed by atoms with Crippen LogP contribution in [0, 0.1) is 5.82 Å². The lowest BCUT2D eigenvalue weighted by Gasteiger charge is -2.12. The molecule has 0 unspecified atom stereocenters. The van der Waals surface area contributed by atoms with Gasteiger partial charge in [-0.3, -0.25) is 14.6 Å². The van der Waals surface area contributed by atoms with Crippen LogP contribution in [0.3, 0.4) is 0 Å². The molecule has 0 bridgehead atoms. The number of carbonyl (C=O) groups excluding carboxylic acids is 2. The number of benzene rings is 2. The van der Waals surface area contributed by atoms with E-state index in [2.05, 4.69) is 20.9 Å². The molecular formula is C21H27FIN5O2S. The smallest absolute Gasteiger partial charge is 0.251 e. The van der Waals surface area contributed by atoms with Gasteiger partial charge in [-0.15, -0.1) is 35.7 Å². The number of nitrogens with one attached hydrogen (secondary N) is 3. The number of thioether (sulfide) groups is 1. The number of rotatable bonds is 10. The van der Waals surface area contributed by atoms with Gasteiger partial charge in [0.2, 0.25) is 5.91 Å². The van der Waals surface area contributed by atoms with E-state index in [0.717, 1.165) is 29.2 Å². The summed E-state index contributed by atoms with van der Waals surface area (Å²) in [5.41, 5.74) is 6.46. The van der Waals surface area contributed by atoms with E-state index < -0.39 is 5.91 Å². The summed E-state index contributed by atoms with van der Waals surface area (Å²) in [5.74, 6) is 0.442. The first-order valence-corrected chi connectivity index (χ1v) is 10.4. The highest BCUT2D eigenvalue weighted by Crippen LogP contribution is 2.18. The van der Waals surface area contributed by atoms with E-state index in [-0.39, 0.29) is 42.2 Å². The Balaban J connectivity index is 0.00000480. The molecule has 0 aliphatic carbocycles. The van der Waals surface area contributed by atoms with E-state index in [1.807, 2.05) is 12.1 Å². The van der Waals surface area contributed by atoms with Crippen LogP contribution in [-0.4, -0.2) is 43.7 Å². The first-order chi connectivity index (χ1) is 14.5. The molecule has 2 aromatic carbocycles. The fourth-order valence-corrected chi connectivity index (χ4v) is 3.30. The van der Waals surface area contributed by atoms with Crippen LogP contribution in [0.1, 0.15) is 22.3 Å². The molecule has 0 saturated heterocycles. The number of hydrogen-bond donors (Lipinski definition) is 4. The molecule has 2 aromatic rings. The van der Waals surface area contributed by atoms with Crippen molar-refractivity contribution >= 4 is 53.5 Å². The Morgan fingerprint density at radius 2 is 1.71 bits per heavy atom. The molecule has 7 nitrogen and oxygen atoms in total. The van der Waals surface area contributed by atoms with E-state index in [1.54, 1.807) is 43.1 Å². The van der Waals surface area contributed by atoms with Gasteiger partial charge in [-0.1, -0.05) is 12.1 Å². The minimum Gasteiger partial charge on any atom is -0.368 e. The third-order valence-corrected chi connectivity index (χ3v) is 5.12. The Hall–Kier alpha value is -2.34. The normalized spacial score (nSPS) is 10.7. The average Bonchev–Trinajstić information content (AvgIpc) is 2.75. The second-order valence-electron chi connectivity index (χ2n) is 6.35. The third kappa shape index (κ3) is 10.5. The Morgan fingerprint density at radius 1 is 1.03 bits per heavy atom. The summed E-state index contributed by atoms with van der Waals surface area (Å²) in [5, 5.41) is 8.91. The zero-order chi connectivity index (χ0) is 21.8. The van der Waals surface area contributed by atoms with E-state index >= 15 is 0 Å². The highest BCUT2D eigenvalue weighted by atomic mass is 127. The van der Waals surface area contributed by atoms with Crippen LogP contribution in [-0.2, 0) is 11.3 Å². The van der Waals surface area contributed by atoms with Crippen molar-refractivity contribution in [1.82, 2.24) is 16.0 Å². The first-order valence-electron chi connectivity index (χ1n) is 9.46. The second kappa shape index (κ2) is 14.6. The van der Waals surface area contributed by atoms with Crippen molar-refractivity contribution in [2.24, 2.45) is 10.7 Å². The molecule has 0 heterocycles. The molecule has 2 amide bonds. The zero-order valence-electron chi connectivity index (χ0n) is 17.2. The predicted octanol–water partition coefficient (Wildman–Crippen LogP) is 2.51. The molecule has 0 aromatic heterocycles. The molecular weight excluding hydrogens is 532 g/mol. The summed E-state index contributed by atoms with van der Waals surface area (Å²) in [6.07, 6.45) is 0.928. The maximum absolute atomic E-state index is 12.9. The molecule has 2 rings (SSSR count). The molecule has 10 heteroatoms. The topological polar surface area (TPSA) is 109 Å². The Labute approximate surface area is 202 Å². The van der Waals surface area contributed by atoms with Gasteiger partial charge in [-0.2, -0.15) is 0 Å². The van der Waals surface area contributed by atoms with Crippen LogP contribution in [0.5, 0.6) is 0 Å². The highest BCUT2D eigenvalue weighted by Gasteiger charge is 2.06. The van der Waals surface area contributed by atoms with Crippen molar-refractivity contribution in [3.8, 4) is 0 Å². The number of aliphatic imine (C=N–C) groups is 1. The van der Waals surface area contributed by atoms with Crippen LogP contribution in [0.15, 0.2) is 58.4 Å². The second-order valence-corrected chi connectivity index (χ2v) is 7.52. The largest absolute Gasteiger partial charge is 0.368 e. The van der Waals surface area contributed by atoms with Gasteiger partial charge in [0, 0.05) is 30.6 Å². The summed E-state index contributed by atoms with van der Waals surface area (Å²) in [4.78, 5) is 27.8. The van der Waals surface area contributed by atoms with Gasteiger partial charge >= 0.3 is 0 Å². The SMILES string of the molecule is CN=C(NCCCSc1ccc(F)cc1)NCc1ccc(C(=O)NCC(N)=O)cc1.I. The summed E-state index contributed by atoms with van der Waals surface area (Å²) >= 11 is 1.68. The first kappa shape index (κ1) is 26.7. The monoisotopic (exact) mass is 559 g/mol. The van der Waals surface area contributed by atoms with Crippen molar-refractivity contribution in [3.05, 3.63) is 65.5 Å². The van der Waals surface area contributed by atoms with Crippen LogP contribution < -0.4 is 21.7 Å². The van der Waals surface area contributed by atoms with E-state index in [4.69, 9.17) is 5.73 Å². The number of carbonyl (C=O) groups is 2. The number of primary amides is 1. The van der Waals surface area contributed by atoms with Crippen molar-refractivity contribution in [3.63, 3.8) is 0 Å². The van der Waals surface area contributed by atoms with Gasteiger partial charge in [-0.05, 0) is 54.1 Å². The number of nitrogens with zero attached hydrogens (tertiary/aromatic N) is 1. The lowest BCUT2D eigenvalue weighted by Crippen LogP contribution is -2.37. The fourth-order valence-electron chi connectivity index (χ4n) is 2.45. The molecule has 0 aliphatic rings. The Morgan fingerprint density at radius 3 is 2.32 bits per heavy atom. The number of nitrogens with two attached hydrogens (primary N) is 1. The molecule has 0 aliphatic heterocycles. The maximum Gasteiger partial charge on any atom is 0.251 e. The fraction of sp³-hybridized carbons (Fsp3) is 0.286. The van der Waals surface area contributed by atoms with Gasteiger partial charge in [0.1, 0.15) is 5.82 Å². The molecule has 5 N–H and O–H groups in total. The van der Waals surface area contributed by atoms with Gasteiger partial charge in [0.15, 0.2) is 5.96 Å². The molecule has 168 valence electrons. The average molecular weight is 559 g/mol. The van der Waals surface area contributed by atoms with Gasteiger partial charge in [-0.25, -0.2) is 4.39 Å². The molecule has 0 spiro atoms. The van der Waals surface area contributed by atoms with Crippen molar-refractivity contribution < 1.29 is 14.0 Å².